The minimum Gasteiger partial charge on any atom is -0.497 e. The van der Waals surface area contributed by atoms with Crippen LogP contribution in [0.4, 0.5) is 0 Å². The van der Waals surface area contributed by atoms with Gasteiger partial charge in [-0.25, -0.2) is 14.5 Å². The fourth-order valence-corrected chi connectivity index (χ4v) is 6.62. The van der Waals surface area contributed by atoms with E-state index in [-0.39, 0.29) is 12.2 Å². The molecule has 0 amide bonds. The highest BCUT2D eigenvalue weighted by Crippen LogP contribution is 2.32. The summed E-state index contributed by atoms with van der Waals surface area (Å²) in [5, 5.41) is 6.86. The van der Waals surface area contributed by atoms with Crippen LogP contribution in [-0.4, -0.2) is 34.0 Å². The number of thiophene rings is 1. The van der Waals surface area contributed by atoms with Crippen molar-refractivity contribution in [1.82, 2.24) is 14.3 Å². The zero-order valence-electron chi connectivity index (χ0n) is 22.9. The molecule has 0 aliphatic carbocycles. The summed E-state index contributed by atoms with van der Waals surface area (Å²) in [7, 11) is 1.59. The second kappa shape index (κ2) is 11.6. The third kappa shape index (κ3) is 5.06. The van der Waals surface area contributed by atoms with E-state index in [0.29, 0.717) is 26.4 Å². The number of hydrogen-bond donors (Lipinski definition) is 0. The van der Waals surface area contributed by atoms with E-state index in [1.807, 2.05) is 76.9 Å². The lowest BCUT2D eigenvalue weighted by Gasteiger charge is -2.24. The van der Waals surface area contributed by atoms with Crippen molar-refractivity contribution in [1.29, 1.82) is 0 Å². The van der Waals surface area contributed by atoms with Crippen LogP contribution >= 0.6 is 22.7 Å². The van der Waals surface area contributed by atoms with Gasteiger partial charge in [-0.1, -0.05) is 60.4 Å². The zero-order chi connectivity index (χ0) is 29.2. The first kappa shape index (κ1) is 27.4. The average molecular weight is 595 g/mol. The predicted octanol–water partition coefficient (Wildman–Crippen LogP) is 4.89. The first-order valence-corrected chi connectivity index (χ1v) is 14.8. The molecule has 0 unspecified atom stereocenters. The van der Waals surface area contributed by atoms with Gasteiger partial charge in [0.2, 0.25) is 0 Å². The molecule has 0 fully saturated rings. The number of fused-ring (bicyclic) bond motifs is 1. The number of hydrogen-bond acceptors (Lipinski definition) is 8. The number of benzene rings is 2. The normalized spacial score (nSPS) is 14.8. The molecule has 10 heteroatoms. The predicted molar refractivity (Wildman–Crippen MR) is 165 cm³/mol. The van der Waals surface area contributed by atoms with Crippen LogP contribution < -0.4 is 19.6 Å². The van der Waals surface area contributed by atoms with Crippen LogP contribution in [0.15, 0.2) is 112 Å². The van der Waals surface area contributed by atoms with Crippen LogP contribution in [0.1, 0.15) is 24.1 Å². The first-order valence-electron chi connectivity index (χ1n) is 13.1. The lowest BCUT2D eigenvalue weighted by molar-refractivity contribution is -0.138. The van der Waals surface area contributed by atoms with Gasteiger partial charge in [0.25, 0.3) is 5.56 Å². The van der Waals surface area contributed by atoms with Gasteiger partial charge in [-0.05, 0) is 54.3 Å². The summed E-state index contributed by atoms with van der Waals surface area (Å²) in [6, 6.07) is 20.4. The highest BCUT2D eigenvalue weighted by atomic mass is 32.1. The lowest BCUT2D eigenvalue weighted by atomic mass is 9.96. The largest absolute Gasteiger partial charge is 0.497 e. The monoisotopic (exact) mass is 594 g/mol. The van der Waals surface area contributed by atoms with Gasteiger partial charge in [0, 0.05) is 11.8 Å². The summed E-state index contributed by atoms with van der Waals surface area (Å²) in [6.07, 6.45) is 5.28. The van der Waals surface area contributed by atoms with Gasteiger partial charge in [0.1, 0.15) is 18.1 Å². The van der Waals surface area contributed by atoms with E-state index in [1.54, 1.807) is 42.1 Å². The van der Waals surface area contributed by atoms with Crippen LogP contribution in [0.5, 0.6) is 5.75 Å². The summed E-state index contributed by atoms with van der Waals surface area (Å²) in [5.74, 6) is 0.120. The summed E-state index contributed by atoms with van der Waals surface area (Å²) in [5.41, 5.74) is 3.76. The number of nitrogens with zero attached hydrogens (tertiary/aromatic N) is 4. The topological polar surface area (TPSA) is 87.7 Å². The van der Waals surface area contributed by atoms with Crippen LogP contribution in [0.2, 0.25) is 0 Å². The van der Waals surface area contributed by atoms with Crippen LogP contribution in [0.3, 0.4) is 0 Å². The van der Waals surface area contributed by atoms with Gasteiger partial charge in [-0.15, -0.1) is 11.3 Å². The fraction of sp³-hybridized carbons (Fsp3) is 0.125. The number of para-hydroxylation sites is 1. The molecule has 5 aromatic rings. The number of rotatable bonds is 8. The number of methoxy groups -OCH3 is 1. The SMILES string of the molecule is C=CCOC(=O)C1=C(C)N=c2s/c(=C\c3cn(-c4ccccc4)nc3-c3cccs3)c(=O)n2[C@@H]1c1ccc(OC)cc1. The smallest absolute Gasteiger partial charge is 0.338 e. The number of ether oxygens (including phenoxy) is 2. The van der Waals surface area contributed by atoms with Crippen LogP contribution in [0.25, 0.3) is 22.3 Å². The van der Waals surface area contributed by atoms with Crippen molar-refractivity contribution in [2.75, 3.05) is 13.7 Å². The molecule has 0 spiro atoms. The third-order valence-electron chi connectivity index (χ3n) is 6.81. The molecule has 210 valence electrons. The summed E-state index contributed by atoms with van der Waals surface area (Å²) >= 11 is 2.86. The number of allylic oxidation sites excluding steroid dienone is 1. The molecule has 0 saturated heterocycles. The van der Waals surface area contributed by atoms with E-state index in [0.717, 1.165) is 27.4 Å². The Morgan fingerprint density at radius 3 is 2.57 bits per heavy atom. The molecule has 3 aromatic heterocycles. The molecule has 6 rings (SSSR count). The highest BCUT2D eigenvalue weighted by Gasteiger charge is 2.33. The van der Waals surface area contributed by atoms with E-state index >= 15 is 0 Å². The van der Waals surface area contributed by atoms with Crippen molar-refractivity contribution >= 4 is 34.7 Å². The number of aromatic nitrogens is 3. The van der Waals surface area contributed by atoms with E-state index in [9.17, 15) is 9.59 Å². The van der Waals surface area contributed by atoms with Crippen LogP contribution in [-0.2, 0) is 9.53 Å². The minimum atomic E-state index is -0.726. The molecule has 0 radical (unpaired) electrons. The molecular formula is C32H26N4O4S2. The number of esters is 1. The minimum absolute atomic E-state index is 0.0479. The van der Waals surface area contributed by atoms with Crippen LogP contribution in [0, 0.1) is 0 Å². The quantitative estimate of drug-likeness (QED) is 0.189. The van der Waals surface area contributed by atoms with Gasteiger partial charge in [-0.2, -0.15) is 5.10 Å². The van der Waals surface area contributed by atoms with Crippen molar-refractivity contribution in [3.63, 3.8) is 0 Å². The average Bonchev–Trinajstić information content (AvgIpc) is 3.76. The molecule has 0 N–H and O–H groups in total. The fourth-order valence-electron chi connectivity index (χ4n) is 4.85. The molecular weight excluding hydrogens is 569 g/mol. The molecule has 0 bridgehead atoms. The molecule has 8 nitrogen and oxygen atoms in total. The van der Waals surface area contributed by atoms with E-state index in [4.69, 9.17) is 14.6 Å². The zero-order valence-corrected chi connectivity index (χ0v) is 24.5. The van der Waals surface area contributed by atoms with E-state index in [1.165, 1.54) is 17.4 Å². The molecule has 42 heavy (non-hydrogen) atoms. The Hall–Kier alpha value is -4.80. The molecule has 4 heterocycles. The Balaban J connectivity index is 1.53. The van der Waals surface area contributed by atoms with Crippen molar-refractivity contribution in [2.24, 2.45) is 4.99 Å². The summed E-state index contributed by atoms with van der Waals surface area (Å²) in [4.78, 5) is 33.6. The Kier molecular flexibility index (Phi) is 7.56. The van der Waals surface area contributed by atoms with Crippen molar-refractivity contribution in [3.8, 4) is 22.0 Å². The Labute approximate surface area is 249 Å². The molecule has 1 aliphatic heterocycles. The maximum Gasteiger partial charge on any atom is 0.338 e. The molecule has 2 aromatic carbocycles. The van der Waals surface area contributed by atoms with E-state index in [2.05, 4.69) is 11.6 Å². The Morgan fingerprint density at radius 2 is 1.88 bits per heavy atom. The van der Waals surface area contributed by atoms with Gasteiger partial charge >= 0.3 is 5.97 Å². The second-order valence-corrected chi connectivity index (χ2v) is 11.4. The maximum atomic E-state index is 14.1. The van der Waals surface area contributed by atoms with Crippen molar-refractivity contribution < 1.29 is 14.3 Å². The summed E-state index contributed by atoms with van der Waals surface area (Å²) < 4.78 is 14.6. The highest BCUT2D eigenvalue weighted by molar-refractivity contribution is 7.13. The number of carbonyl (C=O) groups is 1. The van der Waals surface area contributed by atoms with Gasteiger partial charge in [0.15, 0.2) is 4.80 Å². The van der Waals surface area contributed by atoms with Gasteiger partial charge in [0.05, 0.1) is 39.5 Å². The second-order valence-electron chi connectivity index (χ2n) is 9.43. The molecule has 0 saturated carbocycles. The van der Waals surface area contributed by atoms with Crippen molar-refractivity contribution in [2.45, 2.75) is 13.0 Å². The maximum absolute atomic E-state index is 14.1. The standard InChI is InChI=1S/C32H26N4O4S2/c1-4-16-40-31(38)27-20(2)33-32-36(29(27)21-12-14-24(39-3)15-13-21)30(37)26(42-32)18-22-19-35(23-9-6-5-7-10-23)34-28(22)25-11-8-17-41-25/h4-15,17-19,29H,1,16H2,2-3H3/b26-18-/t29-/m1/s1. The number of carbonyl (C=O) groups excluding carboxylic acids is 1. The van der Waals surface area contributed by atoms with Gasteiger partial charge < -0.3 is 9.47 Å². The molecule has 1 aliphatic rings. The van der Waals surface area contributed by atoms with E-state index < -0.39 is 12.0 Å². The lowest BCUT2D eigenvalue weighted by Crippen LogP contribution is -2.39. The molecule has 1 atom stereocenters. The van der Waals surface area contributed by atoms with Gasteiger partial charge in [-0.3, -0.25) is 9.36 Å². The third-order valence-corrected chi connectivity index (χ3v) is 8.67. The first-order chi connectivity index (χ1) is 20.5. The van der Waals surface area contributed by atoms with Crippen molar-refractivity contribution in [3.05, 3.63) is 133 Å². The Morgan fingerprint density at radius 1 is 1.10 bits per heavy atom. The number of thiazole rings is 1. The Bertz CT molecular complexity index is 1980. The summed E-state index contributed by atoms with van der Waals surface area (Å²) in [6.45, 7) is 5.45.